The van der Waals surface area contributed by atoms with E-state index in [1.165, 1.54) is 0 Å². The molecule has 0 spiro atoms. The van der Waals surface area contributed by atoms with Crippen LogP contribution in [0.5, 0.6) is 0 Å². The fraction of sp³-hybridized carbons (Fsp3) is 0.700. The first kappa shape index (κ1) is 12.0. The Hall–Kier alpha value is -0.990. The van der Waals surface area contributed by atoms with E-state index >= 15 is 0 Å². The van der Waals surface area contributed by atoms with Gasteiger partial charge < -0.3 is 0 Å². The van der Waals surface area contributed by atoms with E-state index in [4.69, 9.17) is 0 Å². The quantitative estimate of drug-likeness (QED) is 0.703. The molecule has 0 radical (unpaired) electrons. The average Bonchev–Trinajstić information content (AvgIpc) is 2.06. The normalized spacial score (nSPS) is 9.00. The van der Waals surface area contributed by atoms with Gasteiger partial charge in [0.25, 0.3) is 0 Å². The van der Waals surface area contributed by atoms with Gasteiger partial charge in [0, 0.05) is 6.42 Å². The Bertz CT molecular complexity index is 226. The maximum Gasteiger partial charge on any atom is 0.132 e. The molecule has 0 saturated carbocycles. The van der Waals surface area contributed by atoms with Crippen molar-refractivity contribution in [2.45, 2.75) is 47.5 Å². The molecule has 1 aromatic rings. The molecule has 1 rings (SSSR count). The van der Waals surface area contributed by atoms with Crippen LogP contribution in [0.15, 0.2) is 0 Å². The number of aryl methyl sites for hydroxylation is 3. The fourth-order valence-corrected chi connectivity index (χ4v) is 1.02. The molecule has 0 aliphatic carbocycles. The average molecular weight is 181 g/mol. The van der Waals surface area contributed by atoms with Crippen molar-refractivity contribution in [1.29, 1.82) is 0 Å². The molecule has 1 heterocycles. The standard InChI is InChI=1S/C8H13N3.C2H6/c1-4-5-8-10-6(2)9-7(3)11-8;1-2/h4-5H2,1-3H3;1-2H3. The molecule has 3 heteroatoms. The number of nitrogens with zero attached hydrogens (tertiary/aromatic N) is 3. The molecule has 0 amide bonds. The lowest BCUT2D eigenvalue weighted by Gasteiger charge is -1.99. The Labute approximate surface area is 80.7 Å². The third kappa shape index (κ3) is 4.55. The fourth-order valence-electron chi connectivity index (χ4n) is 1.02. The van der Waals surface area contributed by atoms with Crippen molar-refractivity contribution in [3.05, 3.63) is 17.5 Å². The molecule has 13 heavy (non-hydrogen) atoms. The van der Waals surface area contributed by atoms with Crippen molar-refractivity contribution in [2.24, 2.45) is 0 Å². The molecular weight excluding hydrogens is 162 g/mol. The second-order valence-corrected chi connectivity index (χ2v) is 2.60. The Morgan fingerprint density at radius 3 is 1.77 bits per heavy atom. The van der Waals surface area contributed by atoms with Crippen LogP contribution in [-0.2, 0) is 6.42 Å². The first-order valence-corrected chi connectivity index (χ1v) is 4.90. The highest BCUT2D eigenvalue weighted by atomic mass is 15.0. The van der Waals surface area contributed by atoms with Crippen molar-refractivity contribution in [2.75, 3.05) is 0 Å². The smallest absolute Gasteiger partial charge is 0.132 e. The van der Waals surface area contributed by atoms with E-state index in [1.807, 2.05) is 27.7 Å². The van der Waals surface area contributed by atoms with Crippen molar-refractivity contribution >= 4 is 0 Å². The van der Waals surface area contributed by atoms with Crippen LogP contribution in [0.3, 0.4) is 0 Å². The van der Waals surface area contributed by atoms with Crippen molar-refractivity contribution in [1.82, 2.24) is 15.0 Å². The van der Waals surface area contributed by atoms with Crippen molar-refractivity contribution in [3.8, 4) is 0 Å². The minimum atomic E-state index is 0.820. The first-order chi connectivity index (χ1) is 6.22. The van der Waals surface area contributed by atoms with Gasteiger partial charge in [-0.1, -0.05) is 20.8 Å². The summed E-state index contributed by atoms with van der Waals surface area (Å²) in [4.78, 5) is 12.5. The van der Waals surface area contributed by atoms with E-state index in [9.17, 15) is 0 Å². The summed E-state index contributed by atoms with van der Waals surface area (Å²) < 4.78 is 0. The van der Waals surface area contributed by atoms with E-state index in [-0.39, 0.29) is 0 Å². The predicted molar refractivity (Wildman–Crippen MR) is 54.6 cm³/mol. The van der Waals surface area contributed by atoms with E-state index in [0.717, 1.165) is 30.3 Å². The highest BCUT2D eigenvalue weighted by molar-refractivity contribution is 4.94. The third-order valence-electron chi connectivity index (χ3n) is 1.38. The monoisotopic (exact) mass is 181 g/mol. The Balaban J connectivity index is 0.000000671. The van der Waals surface area contributed by atoms with Gasteiger partial charge in [-0.05, 0) is 20.3 Å². The molecule has 0 aliphatic heterocycles. The lowest BCUT2D eigenvalue weighted by atomic mass is 10.3. The third-order valence-corrected chi connectivity index (χ3v) is 1.38. The lowest BCUT2D eigenvalue weighted by molar-refractivity contribution is 0.780. The van der Waals surface area contributed by atoms with E-state index in [0.29, 0.717) is 0 Å². The molecule has 0 N–H and O–H groups in total. The summed E-state index contributed by atoms with van der Waals surface area (Å²) in [6.45, 7) is 9.91. The van der Waals surface area contributed by atoms with Crippen LogP contribution in [0.2, 0.25) is 0 Å². The van der Waals surface area contributed by atoms with Crippen molar-refractivity contribution < 1.29 is 0 Å². The van der Waals surface area contributed by atoms with Gasteiger partial charge in [0.2, 0.25) is 0 Å². The minimum Gasteiger partial charge on any atom is -0.219 e. The Kier molecular flexibility index (Phi) is 6.02. The van der Waals surface area contributed by atoms with Crippen LogP contribution in [0.25, 0.3) is 0 Å². The highest BCUT2D eigenvalue weighted by Gasteiger charge is 1.97. The van der Waals surface area contributed by atoms with Crippen LogP contribution < -0.4 is 0 Å². The molecule has 0 fully saturated rings. The van der Waals surface area contributed by atoms with Crippen LogP contribution in [0, 0.1) is 13.8 Å². The van der Waals surface area contributed by atoms with Crippen LogP contribution >= 0.6 is 0 Å². The van der Waals surface area contributed by atoms with Crippen LogP contribution in [-0.4, -0.2) is 15.0 Å². The Morgan fingerprint density at radius 2 is 1.38 bits per heavy atom. The Morgan fingerprint density at radius 1 is 0.923 bits per heavy atom. The summed E-state index contributed by atoms with van der Waals surface area (Å²) in [7, 11) is 0. The summed E-state index contributed by atoms with van der Waals surface area (Å²) in [5.74, 6) is 2.56. The molecule has 0 bridgehead atoms. The van der Waals surface area contributed by atoms with Gasteiger partial charge >= 0.3 is 0 Å². The van der Waals surface area contributed by atoms with Gasteiger partial charge in [0.1, 0.15) is 17.5 Å². The maximum atomic E-state index is 4.20. The summed E-state index contributed by atoms with van der Waals surface area (Å²) in [5.41, 5.74) is 0. The van der Waals surface area contributed by atoms with E-state index in [2.05, 4.69) is 21.9 Å². The first-order valence-electron chi connectivity index (χ1n) is 4.90. The number of aromatic nitrogens is 3. The van der Waals surface area contributed by atoms with Crippen molar-refractivity contribution in [3.63, 3.8) is 0 Å². The summed E-state index contributed by atoms with van der Waals surface area (Å²) >= 11 is 0. The largest absolute Gasteiger partial charge is 0.219 e. The summed E-state index contributed by atoms with van der Waals surface area (Å²) in [6.07, 6.45) is 2.03. The zero-order chi connectivity index (χ0) is 10.3. The molecule has 0 unspecified atom stereocenters. The van der Waals surface area contributed by atoms with Gasteiger partial charge in [-0.3, -0.25) is 0 Å². The zero-order valence-electron chi connectivity index (χ0n) is 9.26. The zero-order valence-corrected chi connectivity index (χ0v) is 9.26. The van der Waals surface area contributed by atoms with Gasteiger partial charge in [-0.25, -0.2) is 15.0 Å². The van der Waals surface area contributed by atoms with Crippen LogP contribution in [0.4, 0.5) is 0 Å². The molecule has 3 nitrogen and oxygen atoms in total. The molecule has 74 valence electrons. The lowest BCUT2D eigenvalue weighted by Crippen LogP contribution is -2.01. The second-order valence-electron chi connectivity index (χ2n) is 2.60. The summed E-state index contributed by atoms with van der Waals surface area (Å²) in [6, 6.07) is 0. The SMILES string of the molecule is CC.CCCc1nc(C)nc(C)n1. The van der Waals surface area contributed by atoms with Gasteiger partial charge in [-0.2, -0.15) is 0 Å². The molecular formula is C10H19N3. The molecule has 0 saturated heterocycles. The molecule has 0 atom stereocenters. The summed E-state index contributed by atoms with van der Waals surface area (Å²) in [5, 5.41) is 0. The minimum absolute atomic E-state index is 0.820. The molecule has 0 aliphatic rings. The van der Waals surface area contributed by atoms with Crippen LogP contribution in [0.1, 0.15) is 44.7 Å². The topological polar surface area (TPSA) is 38.7 Å². The number of hydrogen-bond donors (Lipinski definition) is 0. The predicted octanol–water partition coefficient (Wildman–Crippen LogP) is 2.47. The molecule has 0 aromatic carbocycles. The van der Waals surface area contributed by atoms with E-state index < -0.39 is 0 Å². The maximum absolute atomic E-state index is 4.20. The van der Waals surface area contributed by atoms with Gasteiger partial charge in [0.05, 0.1) is 0 Å². The molecule has 1 aromatic heterocycles. The number of rotatable bonds is 2. The number of hydrogen-bond acceptors (Lipinski definition) is 3. The highest BCUT2D eigenvalue weighted by Crippen LogP contribution is 1.96. The second kappa shape index (κ2) is 6.52. The van der Waals surface area contributed by atoms with Gasteiger partial charge in [0.15, 0.2) is 0 Å². The van der Waals surface area contributed by atoms with E-state index in [1.54, 1.807) is 0 Å². The van der Waals surface area contributed by atoms with Gasteiger partial charge in [-0.15, -0.1) is 0 Å².